The second kappa shape index (κ2) is 15.7. The maximum atomic E-state index is 2.04. The van der Waals surface area contributed by atoms with Gasteiger partial charge in [-0.15, -0.1) is 17.0 Å². The summed E-state index contributed by atoms with van der Waals surface area (Å²) in [5.41, 5.74) is 0. The zero-order chi connectivity index (χ0) is 5.54. The van der Waals surface area contributed by atoms with Crippen LogP contribution in [-0.2, 0) is 0 Å². The molecular formula is C6H14BrNS. The van der Waals surface area contributed by atoms with Gasteiger partial charge in [0.05, 0.1) is 0 Å². The number of hydrogen-bond acceptors (Lipinski definition) is 2. The van der Waals surface area contributed by atoms with Crippen LogP contribution in [0.5, 0.6) is 0 Å². The van der Waals surface area contributed by atoms with Crippen molar-refractivity contribution in [2.45, 2.75) is 13.8 Å². The van der Waals surface area contributed by atoms with Gasteiger partial charge in [-0.3, -0.25) is 0 Å². The third-order valence-electron chi connectivity index (χ3n) is 0.425. The summed E-state index contributed by atoms with van der Waals surface area (Å²) in [6.07, 6.45) is 0. The number of halogens is 1. The highest BCUT2D eigenvalue weighted by atomic mass is 79.9. The molecule has 0 atom stereocenters. The van der Waals surface area contributed by atoms with Crippen LogP contribution in [0.2, 0.25) is 0 Å². The van der Waals surface area contributed by atoms with Gasteiger partial charge < -0.3 is 6.15 Å². The monoisotopic (exact) mass is 211 g/mol. The van der Waals surface area contributed by atoms with Gasteiger partial charge >= 0.3 is 0 Å². The molecule has 0 aliphatic rings. The van der Waals surface area contributed by atoms with E-state index in [0.717, 1.165) is 0 Å². The molecule has 0 radical (unpaired) electrons. The number of hydrogen-bond donors (Lipinski definition) is 1. The van der Waals surface area contributed by atoms with Crippen molar-refractivity contribution < 1.29 is 0 Å². The van der Waals surface area contributed by atoms with E-state index in [-0.39, 0.29) is 23.1 Å². The van der Waals surface area contributed by atoms with Crippen LogP contribution in [0.25, 0.3) is 0 Å². The lowest BCUT2D eigenvalue weighted by Crippen LogP contribution is -1.16. The van der Waals surface area contributed by atoms with Gasteiger partial charge in [0.15, 0.2) is 0 Å². The van der Waals surface area contributed by atoms with E-state index in [1.54, 1.807) is 11.3 Å². The molecule has 9 heavy (non-hydrogen) atoms. The molecule has 0 spiro atoms. The molecule has 3 heteroatoms. The number of rotatable bonds is 0. The van der Waals surface area contributed by atoms with E-state index in [0.29, 0.717) is 0 Å². The molecule has 1 aromatic heterocycles. The normalized spacial score (nSPS) is 5.11. The van der Waals surface area contributed by atoms with Crippen LogP contribution < -0.4 is 6.15 Å². The van der Waals surface area contributed by atoms with Crippen molar-refractivity contribution >= 4 is 28.3 Å². The van der Waals surface area contributed by atoms with Gasteiger partial charge in [-0.2, -0.15) is 11.3 Å². The Morgan fingerprint density at radius 3 is 1.44 bits per heavy atom. The lowest BCUT2D eigenvalue weighted by molar-refractivity contribution is 1.50. The van der Waals surface area contributed by atoms with Crippen LogP contribution in [0.15, 0.2) is 22.9 Å². The van der Waals surface area contributed by atoms with E-state index >= 15 is 0 Å². The smallest absolute Gasteiger partial charge is 0.00934 e. The van der Waals surface area contributed by atoms with Crippen LogP contribution in [0.1, 0.15) is 13.8 Å². The fourth-order valence-electron chi connectivity index (χ4n) is 0.227. The summed E-state index contributed by atoms with van der Waals surface area (Å²) in [7, 11) is 0. The Balaban J connectivity index is -0.0000000836. The summed E-state index contributed by atoms with van der Waals surface area (Å²) in [5, 5.41) is 4.08. The Morgan fingerprint density at radius 1 is 1.00 bits per heavy atom. The minimum Gasteiger partial charge on any atom is -0.344 e. The summed E-state index contributed by atoms with van der Waals surface area (Å²) in [6.45, 7) is 4.00. The highest BCUT2D eigenvalue weighted by Gasteiger charge is 1.58. The van der Waals surface area contributed by atoms with Gasteiger partial charge in [-0.25, -0.2) is 0 Å². The first-order valence-corrected chi connectivity index (χ1v) is 3.41. The molecule has 0 amide bonds. The topological polar surface area (TPSA) is 35.0 Å². The molecule has 1 aromatic rings. The van der Waals surface area contributed by atoms with Crippen molar-refractivity contribution in [1.82, 2.24) is 6.15 Å². The Bertz CT molecular complexity index is 69.5. The van der Waals surface area contributed by atoms with Crippen LogP contribution >= 0.6 is 28.3 Å². The highest BCUT2D eigenvalue weighted by molar-refractivity contribution is 8.93. The largest absolute Gasteiger partial charge is 0.344 e. The minimum atomic E-state index is 0. The standard InChI is InChI=1S/C4H4S.C2H6.BrH.H3N/c1-2-4-5-3-1;1-2;;/h1-4H;1-2H3;1H;1H3. The lowest BCUT2D eigenvalue weighted by Gasteiger charge is -1.39. The van der Waals surface area contributed by atoms with E-state index in [4.69, 9.17) is 0 Å². The van der Waals surface area contributed by atoms with Gasteiger partial charge in [0, 0.05) is 0 Å². The van der Waals surface area contributed by atoms with E-state index in [1.165, 1.54) is 0 Å². The Kier molecular flexibility index (Phi) is 28.0. The summed E-state index contributed by atoms with van der Waals surface area (Å²) in [4.78, 5) is 0. The molecule has 0 saturated heterocycles. The lowest BCUT2D eigenvalue weighted by atomic mass is 10.7. The minimum absolute atomic E-state index is 0. The molecule has 3 N–H and O–H groups in total. The molecule has 56 valence electrons. The van der Waals surface area contributed by atoms with Crippen LogP contribution in [0, 0.1) is 0 Å². The zero-order valence-electron chi connectivity index (χ0n) is 5.83. The van der Waals surface area contributed by atoms with Gasteiger partial charge in [-0.05, 0) is 10.8 Å². The van der Waals surface area contributed by atoms with Gasteiger partial charge in [0.2, 0.25) is 0 Å². The number of thiophene rings is 1. The SMILES string of the molecule is Br.CC.N.c1ccsc1. The van der Waals surface area contributed by atoms with Crippen molar-refractivity contribution in [2.75, 3.05) is 0 Å². The second-order valence-corrected chi connectivity index (χ2v) is 1.61. The van der Waals surface area contributed by atoms with Crippen molar-refractivity contribution in [3.63, 3.8) is 0 Å². The summed E-state index contributed by atoms with van der Waals surface area (Å²) in [5.74, 6) is 0. The van der Waals surface area contributed by atoms with Crippen LogP contribution in [0.3, 0.4) is 0 Å². The molecule has 0 saturated carbocycles. The molecule has 0 unspecified atom stereocenters. The molecule has 0 aliphatic heterocycles. The van der Waals surface area contributed by atoms with Crippen molar-refractivity contribution in [2.24, 2.45) is 0 Å². The Morgan fingerprint density at radius 2 is 1.33 bits per heavy atom. The average molecular weight is 212 g/mol. The third kappa shape index (κ3) is 11.6. The first-order valence-electron chi connectivity index (χ1n) is 2.47. The predicted octanol–water partition coefficient (Wildman–Crippen LogP) is 3.51. The fourth-order valence-corrected chi connectivity index (χ4v) is 0.680. The maximum absolute atomic E-state index is 2.04. The fraction of sp³-hybridized carbons (Fsp3) is 0.333. The summed E-state index contributed by atoms with van der Waals surface area (Å²) >= 11 is 1.71. The van der Waals surface area contributed by atoms with Gasteiger partial charge in [-0.1, -0.05) is 26.0 Å². The molecule has 0 aromatic carbocycles. The molecule has 1 nitrogen and oxygen atoms in total. The van der Waals surface area contributed by atoms with Gasteiger partial charge in [0.1, 0.15) is 0 Å². The zero-order valence-corrected chi connectivity index (χ0v) is 8.36. The molecule has 1 rings (SSSR count). The van der Waals surface area contributed by atoms with Crippen LogP contribution in [0.4, 0.5) is 0 Å². The molecule has 0 aliphatic carbocycles. The van der Waals surface area contributed by atoms with Crippen molar-refractivity contribution in [1.29, 1.82) is 0 Å². The molecular weight excluding hydrogens is 198 g/mol. The molecule has 0 bridgehead atoms. The quantitative estimate of drug-likeness (QED) is 0.701. The Hall–Kier alpha value is 0.140. The van der Waals surface area contributed by atoms with E-state index in [2.05, 4.69) is 0 Å². The maximum Gasteiger partial charge on any atom is -0.00934 e. The average Bonchev–Trinajstić information content (AvgIpc) is 2.23. The second-order valence-electron chi connectivity index (χ2n) is 0.793. The van der Waals surface area contributed by atoms with E-state index in [1.807, 2.05) is 36.7 Å². The summed E-state index contributed by atoms with van der Waals surface area (Å²) in [6, 6.07) is 4.04. The highest BCUT2D eigenvalue weighted by Crippen LogP contribution is 1.91. The van der Waals surface area contributed by atoms with Crippen molar-refractivity contribution in [3.05, 3.63) is 22.9 Å². The van der Waals surface area contributed by atoms with Crippen molar-refractivity contribution in [3.8, 4) is 0 Å². The van der Waals surface area contributed by atoms with E-state index < -0.39 is 0 Å². The molecule has 0 fully saturated rings. The molecule has 1 heterocycles. The summed E-state index contributed by atoms with van der Waals surface area (Å²) < 4.78 is 0. The third-order valence-corrected chi connectivity index (χ3v) is 1.05. The first kappa shape index (κ1) is 16.1. The Labute approximate surface area is 71.5 Å². The first-order chi connectivity index (χ1) is 3.50. The van der Waals surface area contributed by atoms with E-state index in [9.17, 15) is 0 Å². The van der Waals surface area contributed by atoms with Crippen LogP contribution in [-0.4, -0.2) is 0 Å². The van der Waals surface area contributed by atoms with Gasteiger partial charge in [0.25, 0.3) is 0 Å². The predicted molar refractivity (Wildman–Crippen MR) is 51.0 cm³/mol.